The molecule has 4 nitrogen and oxygen atoms in total. The molecule has 0 spiro atoms. The summed E-state index contributed by atoms with van der Waals surface area (Å²) in [6, 6.07) is 5.62. The number of carbonyl (C=O) groups excluding carboxylic acids is 1. The molecule has 0 radical (unpaired) electrons. The summed E-state index contributed by atoms with van der Waals surface area (Å²) in [5.41, 5.74) is 0.273. The molecule has 110 valence electrons. The third-order valence-corrected chi connectivity index (χ3v) is 3.76. The second kappa shape index (κ2) is 6.81. The number of piperazine rings is 1. The molecule has 0 unspecified atom stereocenters. The Hall–Kier alpha value is -1.46. The lowest BCUT2D eigenvalue weighted by atomic mass is 10.2. The first-order chi connectivity index (χ1) is 9.54. The number of ether oxygens (including phenoxy) is 1. The minimum Gasteiger partial charge on any atom is -0.453 e. The van der Waals surface area contributed by atoms with Gasteiger partial charge >= 0.3 is 5.97 Å². The zero-order valence-electron chi connectivity index (χ0n) is 12.1. The summed E-state index contributed by atoms with van der Waals surface area (Å²) in [4.78, 5) is 14.9. The van der Waals surface area contributed by atoms with Crippen LogP contribution in [0.2, 0.25) is 0 Å². The fraction of sp³-hybridized carbons (Fsp3) is 0.533. The van der Waals surface area contributed by atoms with Gasteiger partial charge in [0.1, 0.15) is 44.6 Å². The highest BCUT2D eigenvalue weighted by atomic mass is 19.1. The van der Waals surface area contributed by atoms with Gasteiger partial charge in [-0.15, -0.1) is 0 Å². The van der Waals surface area contributed by atoms with Crippen LogP contribution in [0.15, 0.2) is 24.3 Å². The lowest BCUT2D eigenvalue weighted by Gasteiger charge is -2.28. The van der Waals surface area contributed by atoms with Crippen molar-refractivity contribution >= 4 is 5.97 Å². The van der Waals surface area contributed by atoms with E-state index in [-0.39, 0.29) is 11.7 Å². The van der Waals surface area contributed by atoms with Crippen molar-refractivity contribution in [1.29, 1.82) is 0 Å². The number of quaternary nitrogens is 2. The van der Waals surface area contributed by atoms with Crippen molar-refractivity contribution in [1.82, 2.24) is 0 Å². The maximum Gasteiger partial charge on any atom is 0.338 e. The van der Waals surface area contributed by atoms with E-state index >= 15 is 0 Å². The summed E-state index contributed by atoms with van der Waals surface area (Å²) in [5.74, 6) is -0.865. The van der Waals surface area contributed by atoms with Crippen LogP contribution in [-0.4, -0.2) is 51.8 Å². The molecule has 1 saturated heterocycles. The molecule has 1 heterocycles. The van der Waals surface area contributed by atoms with Crippen LogP contribution < -0.4 is 9.80 Å². The van der Waals surface area contributed by atoms with Crippen molar-refractivity contribution in [3.63, 3.8) is 0 Å². The number of hydrogen-bond acceptors (Lipinski definition) is 2. The lowest BCUT2D eigenvalue weighted by molar-refractivity contribution is -1.00. The van der Waals surface area contributed by atoms with Gasteiger partial charge in [0, 0.05) is 0 Å². The summed E-state index contributed by atoms with van der Waals surface area (Å²) in [6.07, 6.45) is -0.154. The lowest BCUT2D eigenvalue weighted by Crippen LogP contribution is -3.27. The topological polar surface area (TPSA) is 35.2 Å². The molecular weight excluding hydrogens is 259 g/mol. The number of carbonyl (C=O) groups is 1. The second-order valence-corrected chi connectivity index (χ2v) is 5.64. The molecule has 1 aliphatic rings. The minimum atomic E-state index is -0.448. The van der Waals surface area contributed by atoms with Crippen LogP contribution in [-0.2, 0) is 4.74 Å². The summed E-state index contributed by atoms with van der Waals surface area (Å²) < 4.78 is 18.4. The van der Waals surface area contributed by atoms with Gasteiger partial charge in [0.15, 0.2) is 0 Å². The van der Waals surface area contributed by atoms with E-state index in [0.717, 1.165) is 32.7 Å². The third-order valence-electron chi connectivity index (χ3n) is 3.76. The van der Waals surface area contributed by atoms with E-state index in [2.05, 4.69) is 7.05 Å². The molecule has 1 aliphatic heterocycles. The van der Waals surface area contributed by atoms with Crippen molar-refractivity contribution in [3.8, 4) is 0 Å². The van der Waals surface area contributed by atoms with Crippen LogP contribution in [0, 0.1) is 5.82 Å². The minimum absolute atomic E-state index is 0.154. The fourth-order valence-corrected chi connectivity index (χ4v) is 2.55. The van der Waals surface area contributed by atoms with Crippen molar-refractivity contribution in [2.45, 2.75) is 13.0 Å². The molecule has 2 N–H and O–H groups in total. The Balaban J connectivity index is 1.82. The smallest absolute Gasteiger partial charge is 0.338 e. The Morgan fingerprint density at radius 1 is 1.35 bits per heavy atom. The quantitative estimate of drug-likeness (QED) is 0.680. The van der Waals surface area contributed by atoms with Crippen LogP contribution in [0.1, 0.15) is 17.3 Å². The molecule has 0 amide bonds. The first-order valence-corrected chi connectivity index (χ1v) is 7.16. The van der Waals surface area contributed by atoms with E-state index < -0.39 is 11.8 Å². The van der Waals surface area contributed by atoms with Crippen molar-refractivity contribution < 1.29 is 23.7 Å². The predicted molar refractivity (Wildman–Crippen MR) is 73.5 cm³/mol. The zero-order chi connectivity index (χ0) is 14.5. The fourth-order valence-electron chi connectivity index (χ4n) is 2.55. The van der Waals surface area contributed by atoms with Crippen LogP contribution in [0.4, 0.5) is 4.39 Å². The first-order valence-electron chi connectivity index (χ1n) is 7.16. The van der Waals surface area contributed by atoms with Crippen molar-refractivity contribution in [3.05, 3.63) is 35.6 Å². The van der Waals surface area contributed by atoms with E-state index in [4.69, 9.17) is 4.74 Å². The normalized spacial score (nSPS) is 24.1. The monoisotopic (exact) mass is 282 g/mol. The van der Waals surface area contributed by atoms with Crippen LogP contribution >= 0.6 is 0 Å². The van der Waals surface area contributed by atoms with Gasteiger partial charge in [-0.2, -0.15) is 0 Å². The van der Waals surface area contributed by atoms with E-state index in [1.165, 1.54) is 23.1 Å². The number of nitrogens with one attached hydrogen (secondary N) is 2. The molecule has 20 heavy (non-hydrogen) atoms. The highest BCUT2D eigenvalue weighted by Gasteiger charge is 2.23. The number of likely N-dealkylation sites (N-methyl/N-ethyl adjacent to an activating group) is 1. The molecular formula is C15H23FN2O2+2. The number of halogens is 1. The van der Waals surface area contributed by atoms with Gasteiger partial charge in [-0.05, 0) is 25.1 Å². The summed E-state index contributed by atoms with van der Waals surface area (Å²) in [7, 11) is 2.20. The average Bonchev–Trinajstić information content (AvgIpc) is 2.41. The highest BCUT2D eigenvalue weighted by molar-refractivity contribution is 5.89. The summed E-state index contributed by atoms with van der Waals surface area (Å²) in [6.45, 7) is 7.23. The number of esters is 1. The van der Waals surface area contributed by atoms with Gasteiger partial charge < -0.3 is 14.5 Å². The average molecular weight is 282 g/mol. The molecule has 0 saturated carbocycles. The molecule has 0 bridgehead atoms. The Bertz CT molecular complexity index is 459. The largest absolute Gasteiger partial charge is 0.453 e. The van der Waals surface area contributed by atoms with E-state index in [1.807, 2.05) is 6.92 Å². The van der Waals surface area contributed by atoms with Gasteiger partial charge in [0.05, 0.1) is 12.6 Å². The molecule has 1 aromatic carbocycles. The van der Waals surface area contributed by atoms with Crippen LogP contribution in [0.5, 0.6) is 0 Å². The third kappa shape index (κ3) is 4.28. The zero-order valence-corrected chi connectivity index (χ0v) is 12.1. The van der Waals surface area contributed by atoms with Crippen molar-refractivity contribution in [2.24, 2.45) is 0 Å². The van der Waals surface area contributed by atoms with Crippen LogP contribution in [0.3, 0.4) is 0 Å². The maximum atomic E-state index is 13.1. The van der Waals surface area contributed by atoms with E-state index in [0.29, 0.717) is 0 Å². The second-order valence-electron chi connectivity index (χ2n) is 5.64. The van der Waals surface area contributed by atoms with E-state index in [1.54, 1.807) is 11.0 Å². The van der Waals surface area contributed by atoms with Gasteiger partial charge in [0.25, 0.3) is 0 Å². The molecule has 1 fully saturated rings. The molecule has 1 atom stereocenters. The summed E-state index contributed by atoms with van der Waals surface area (Å²) >= 11 is 0. The van der Waals surface area contributed by atoms with Gasteiger partial charge in [-0.25, -0.2) is 9.18 Å². The summed E-state index contributed by atoms with van der Waals surface area (Å²) in [5, 5.41) is 0. The number of hydrogen-bond donors (Lipinski definition) is 2. The van der Waals surface area contributed by atoms with Gasteiger partial charge in [0.2, 0.25) is 0 Å². The predicted octanol–water partition coefficient (Wildman–Crippen LogP) is -1.22. The Labute approximate surface area is 119 Å². The highest BCUT2D eigenvalue weighted by Crippen LogP contribution is 2.06. The first kappa shape index (κ1) is 14.9. The molecule has 2 rings (SSSR count). The molecule has 5 heteroatoms. The van der Waals surface area contributed by atoms with Crippen LogP contribution in [0.25, 0.3) is 0 Å². The number of benzene rings is 1. The molecule has 0 aliphatic carbocycles. The number of rotatable bonds is 4. The standard InChI is InChI=1S/C15H21FN2O2/c1-12(11-18-8-6-17(2)7-9-18)20-15(19)13-4-3-5-14(16)10-13/h3-5,10,12H,6-9,11H2,1-2H3/p+2/t12-/m0/s1. The van der Waals surface area contributed by atoms with Gasteiger partial charge in [-0.3, -0.25) is 0 Å². The maximum absolute atomic E-state index is 13.1. The Kier molecular flexibility index (Phi) is 5.09. The molecule has 0 aromatic heterocycles. The van der Waals surface area contributed by atoms with E-state index in [9.17, 15) is 9.18 Å². The Morgan fingerprint density at radius 3 is 2.70 bits per heavy atom. The SMILES string of the molecule is C[C@@H](C[NH+]1CC[NH+](C)CC1)OC(=O)c1cccc(F)c1. The van der Waals surface area contributed by atoms with Crippen molar-refractivity contribution in [2.75, 3.05) is 39.8 Å². The molecule has 1 aromatic rings. The Morgan fingerprint density at radius 2 is 2.05 bits per heavy atom. The van der Waals surface area contributed by atoms with Gasteiger partial charge in [-0.1, -0.05) is 6.07 Å².